The molecule has 0 spiro atoms. The monoisotopic (exact) mass is 454 g/mol. The average Bonchev–Trinajstić information content (AvgIpc) is 2.61. The van der Waals surface area contributed by atoms with Gasteiger partial charge in [0.1, 0.15) is 0 Å². The second-order valence-electron chi connectivity index (χ2n) is 5.50. The van der Waals surface area contributed by atoms with Crippen molar-refractivity contribution in [2.75, 3.05) is 31.6 Å². The Morgan fingerprint density at radius 3 is 2.26 bits per heavy atom. The number of ether oxygens (including phenoxy) is 1. The number of hydrogen-bond acceptors (Lipinski definition) is 4. The number of carbonyl (C=O) groups excluding carboxylic acids is 1. The lowest BCUT2D eigenvalue weighted by Crippen LogP contribution is -2.59. The molecule has 1 aromatic rings. The van der Waals surface area contributed by atoms with E-state index >= 15 is 0 Å². The first-order valence-corrected chi connectivity index (χ1v) is 9.32. The number of carboxylic acids is 1. The van der Waals surface area contributed by atoms with E-state index in [9.17, 15) is 9.59 Å². The molecule has 0 aliphatic carbocycles. The van der Waals surface area contributed by atoms with Crippen LogP contribution in [0, 0.1) is 0 Å². The fraction of sp³-hybridized carbons (Fsp3) is 0.400. The van der Waals surface area contributed by atoms with Crippen LogP contribution in [0.2, 0.25) is 0 Å². The van der Waals surface area contributed by atoms with Crippen LogP contribution in [0.25, 0.3) is 0 Å². The number of carboxylic acid groups (broad SMARTS) is 1. The summed E-state index contributed by atoms with van der Waals surface area (Å²) in [5.74, 6) is -1.04. The molecule has 1 saturated heterocycles. The molecule has 12 heteroatoms. The van der Waals surface area contributed by atoms with Gasteiger partial charge in [0.2, 0.25) is 3.79 Å². The highest BCUT2D eigenvalue weighted by Gasteiger charge is 2.35. The van der Waals surface area contributed by atoms with Crippen molar-refractivity contribution in [2.45, 2.75) is 9.96 Å². The second-order valence-corrected chi connectivity index (χ2v) is 8.28. The standard InChI is InChI=1S/C15H17Cl3N4O4S/c16-15(17,18)12(21-14(25)22-5-7-26-8-6-22)20-13(27)19-10-3-1-9(2-4-10)11(23)24/h1-4,12H,5-8H2,(H,21,25)(H,23,24)(H2,19,20,27). The number of halogens is 3. The van der Waals surface area contributed by atoms with Crippen molar-refractivity contribution in [3.05, 3.63) is 29.8 Å². The van der Waals surface area contributed by atoms with Gasteiger partial charge in [-0.3, -0.25) is 0 Å². The molecule has 0 radical (unpaired) electrons. The minimum atomic E-state index is -1.87. The largest absolute Gasteiger partial charge is 0.478 e. The summed E-state index contributed by atoms with van der Waals surface area (Å²) < 4.78 is 3.32. The topological polar surface area (TPSA) is 103 Å². The number of amides is 2. The Morgan fingerprint density at radius 1 is 1.15 bits per heavy atom. The first kappa shape index (κ1) is 21.8. The van der Waals surface area contributed by atoms with Gasteiger partial charge in [0, 0.05) is 18.8 Å². The van der Waals surface area contributed by atoms with Gasteiger partial charge in [-0.1, -0.05) is 34.8 Å². The third-order valence-electron chi connectivity index (χ3n) is 3.56. The molecule has 0 bridgehead atoms. The van der Waals surface area contributed by atoms with E-state index in [-0.39, 0.29) is 10.7 Å². The molecule has 4 N–H and O–H groups in total. The maximum absolute atomic E-state index is 12.3. The fourth-order valence-corrected chi connectivity index (χ4v) is 2.74. The van der Waals surface area contributed by atoms with Gasteiger partial charge in [0.15, 0.2) is 11.3 Å². The van der Waals surface area contributed by atoms with Crippen molar-refractivity contribution < 1.29 is 19.4 Å². The summed E-state index contributed by atoms with van der Waals surface area (Å²) in [4.78, 5) is 24.7. The van der Waals surface area contributed by atoms with Gasteiger partial charge < -0.3 is 30.7 Å². The number of nitrogens with one attached hydrogen (secondary N) is 3. The number of carbonyl (C=O) groups is 2. The van der Waals surface area contributed by atoms with Crippen molar-refractivity contribution in [3.8, 4) is 0 Å². The van der Waals surface area contributed by atoms with E-state index in [4.69, 9.17) is 56.9 Å². The van der Waals surface area contributed by atoms with E-state index in [2.05, 4.69) is 16.0 Å². The highest BCUT2D eigenvalue weighted by Crippen LogP contribution is 2.29. The van der Waals surface area contributed by atoms with Crippen LogP contribution in [0.4, 0.5) is 10.5 Å². The van der Waals surface area contributed by atoms with Crippen LogP contribution >= 0.6 is 47.0 Å². The van der Waals surface area contributed by atoms with Crippen LogP contribution < -0.4 is 16.0 Å². The van der Waals surface area contributed by atoms with Gasteiger partial charge in [0.05, 0.1) is 18.8 Å². The first-order chi connectivity index (χ1) is 12.7. The van der Waals surface area contributed by atoms with Crippen LogP contribution in [0.3, 0.4) is 0 Å². The molecular weight excluding hydrogens is 439 g/mol. The molecular formula is C15H17Cl3N4O4S. The molecule has 8 nitrogen and oxygen atoms in total. The zero-order chi connectivity index (χ0) is 20.0. The molecule has 1 heterocycles. The Kier molecular flexibility index (Phi) is 7.75. The van der Waals surface area contributed by atoms with E-state index in [1.54, 1.807) is 0 Å². The fourth-order valence-electron chi connectivity index (χ4n) is 2.18. The van der Waals surface area contributed by atoms with Crippen molar-refractivity contribution in [2.24, 2.45) is 0 Å². The van der Waals surface area contributed by atoms with Gasteiger partial charge in [-0.05, 0) is 36.5 Å². The first-order valence-electron chi connectivity index (χ1n) is 7.77. The molecule has 1 aliphatic rings. The molecule has 2 rings (SSSR count). The Morgan fingerprint density at radius 2 is 1.74 bits per heavy atom. The van der Waals surface area contributed by atoms with Crippen LogP contribution in [0.5, 0.6) is 0 Å². The maximum Gasteiger partial charge on any atom is 0.335 e. The smallest absolute Gasteiger partial charge is 0.335 e. The molecule has 1 aliphatic heterocycles. The maximum atomic E-state index is 12.3. The molecule has 148 valence electrons. The second kappa shape index (κ2) is 9.61. The summed E-state index contributed by atoms with van der Waals surface area (Å²) >= 11 is 23.0. The van der Waals surface area contributed by atoms with E-state index in [0.717, 1.165) is 0 Å². The van der Waals surface area contributed by atoms with E-state index < -0.39 is 22.0 Å². The Bertz CT molecular complexity index is 693. The van der Waals surface area contributed by atoms with Gasteiger partial charge in [0.25, 0.3) is 0 Å². The minimum absolute atomic E-state index is 0.0803. The Hall–Kier alpha value is -1.52. The highest BCUT2D eigenvalue weighted by atomic mass is 35.6. The molecule has 2 amide bonds. The summed E-state index contributed by atoms with van der Waals surface area (Å²) in [6, 6.07) is 5.48. The summed E-state index contributed by atoms with van der Waals surface area (Å²) in [5.41, 5.74) is 0.663. The van der Waals surface area contributed by atoms with E-state index in [0.29, 0.717) is 32.0 Å². The predicted molar refractivity (Wildman–Crippen MR) is 108 cm³/mol. The summed E-state index contributed by atoms with van der Waals surface area (Å²) in [6.07, 6.45) is -1.10. The lowest BCUT2D eigenvalue weighted by molar-refractivity contribution is 0.0524. The number of nitrogens with zero attached hydrogens (tertiary/aromatic N) is 1. The molecule has 1 atom stereocenters. The number of anilines is 1. The average molecular weight is 456 g/mol. The number of aromatic carboxylic acids is 1. The van der Waals surface area contributed by atoms with Crippen molar-refractivity contribution in [3.63, 3.8) is 0 Å². The predicted octanol–water partition coefficient (Wildman–Crippen LogP) is 2.41. The molecule has 1 aromatic carbocycles. The van der Waals surface area contributed by atoms with E-state index in [1.165, 1.54) is 29.2 Å². The van der Waals surface area contributed by atoms with Crippen molar-refractivity contribution >= 4 is 69.8 Å². The van der Waals surface area contributed by atoms with Crippen LogP contribution in [-0.4, -0.2) is 63.4 Å². The van der Waals surface area contributed by atoms with Crippen LogP contribution in [0.15, 0.2) is 24.3 Å². The number of rotatable bonds is 4. The van der Waals surface area contributed by atoms with Gasteiger partial charge in [-0.25, -0.2) is 9.59 Å². The summed E-state index contributed by atoms with van der Waals surface area (Å²) in [6.45, 7) is 1.73. The number of thiocarbonyl (C=S) groups is 1. The third kappa shape index (κ3) is 6.86. The zero-order valence-electron chi connectivity index (χ0n) is 13.9. The molecule has 0 saturated carbocycles. The van der Waals surface area contributed by atoms with Crippen molar-refractivity contribution in [1.29, 1.82) is 0 Å². The normalized spacial score (nSPS) is 15.6. The Balaban J connectivity index is 1.97. The third-order valence-corrected chi connectivity index (χ3v) is 4.43. The number of hydrogen-bond donors (Lipinski definition) is 4. The lowest BCUT2D eigenvalue weighted by atomic mass is 10.2. The number of benzene rings is 1. The SMILES string of the molecule is O=C(O)c1ccc(NC(=S)NC(NC(=O)N2CCOCC2)C(Cl)(Cl)Cl)cc1. The van der Waals surface area contributed by atoms with Gasteiger partial charge in [-0.15, -0.1) is 0 Å². The number of morpholine rings is 1. The molecule has 1 unspecified atom stereocenters. The lowest BCUT2D eigenvalue weighted by Gasteiger charge is -2.32. The number of urea groups is 1. The molecule has 0 aromatic heterocycles. The zero-order valence-corrected chi connectivity index (χ0v) is 17.0. The quantitative estimate of drug-likeness (QED) is 0.314. The van der Waals surface area contributed by atoms with Crippen LogP contribution in [-0.2, 0) is 4.74 Å². The Labute approximate surface area is 176 Å². The summed E-state index contributed by atoms with van der Waals surface area (Å²) in [7, 11) is 0. The van der Waals surface area contributed by atoms with Gasteiger partial charge >= 0.3 is 12.0 Å². The molecule has 27 heavy (non-hydrogen) atoms. The van der Waals surface area contributed by atoms with Crippen molar-refractivity contribution in [1.82, 2.24) is 15.5 Å². The highest BCUT2D eigenvalue weighted by molar-refractivity contribution is 7.80. The molecule has 1 fully saturated rings. The van der Waals surface area contributed by atoms with E-state index in [1.807, 2.05) is 0 Å². The minimum Gasteiger partial charge on any atom is -0.478 e. The number of alkyl halides is 3. The van der Waals surface area contributed by atoms with Gasteiger partial charge in [-0.2, -0.15) is 0 Å². The van der Waals surface area contributed by atoms with Crippen LogP contribution in [0.1, 0.15) is 10.4 Å². The summed E-state index contributed by atoms with van der Waals surface area (Å²) in [5, 5.41) is 17.1.